The number of nitrogens with one attached hydrogen (secondary N) is 1. The van der Waals surface area contributed by atoms with Crippen molar-refractivity contribution in [3.63, 3.8) is 0 Å². The summed E-state index contributed by atoms with van der Waals surface area (Å²) in [5, 5.41) is 0. The molecule has 0 radical (unpaired) electrons. The van der Waals surface area contributed by atoms with E-state index in [-0.39, 0.29) is 0 Å². The lowest BCUT2D eigenvalue weighted by Gasteiger charge is -1.97. The van der Waals surface area contributed by atoms with Crippen molar-refractivity contribution in [3.8, 4) is 32.4 Å². The number of aromatic amines is 1. The van der Waals surface area contributed by atoms with Crippen molar-refractivity contribution in [3.05, 3.63) is 76.9 Å². The van der Waals surface area contributed by atoms with Crippen LogP contribution in [-0.2, 0) is 0 Å². The quantitative estimate of drug-likeness (QED) is 0.419. The lowest BCUT2D eigenvalue weighted by molar-refractivity contribution is 1.26. The average molecular weight is 395 g/mol. The minimum Gasteiger partial charge on any atom is -0.341 e. The normalized spacial score (nSPS) is 10.9. The van der Waals surface area contributed by atoms with Crippen molar-refractivity contribution in [1.29, 1.82) is 0 Å². The molecule has 0 aliphatic heterocycles. The van der Waals surface area contributed by atoms with Crippen LogP contribution in [0.15, 0.2) is 71.2 Å². The van der Waals surface area contributed by atoms with E-state index in [2.05, 4.69) is 76.4 Å². The topological polar surface area (TPSA) is 28.7 Å². The summed E-state index contributed by atoms with van der Waals surface area (Å²) in [6.45, 7) is 2.07. The maximum atomic E-state index is 4.82. The molecular weight excluding hydrogens is 380 g/mol. The Balaban J connectivity index is 1.69. The average Bonchev–Trinajstić information content (AvgIpc) is 3.23. The Morgan fingerprint density at radius 1 is 0.833 bits per heavy atom. The second-order valence-electron chi connectivity index (χ2n) is 5.60. The zero-order valence-electron chi connectivity index (χ0n) is 13.1. The third-order valence-corrected chi connectivity index (χ3v) is 5.57. The highest BCUT2D eigenvalue weighted by molar-refractivity contribution is 9.10. The van der Waals surface area contributed by atoms with Gasteiger partial charge in [0, 0.05) is 20.6 Å². The second kappa shape index (κ2) is 6.38. The summed E-state index contributed by atoms with van der Waals surface area (Å²) in [6, 6.07) is 23.0. The van der Waals surface area contributed by atoms with Crippen LogP contribution in [0.4, 0.5) is 0 Å². The molecule has 118 valence electrons. The van der Waals surface area contributed by atoms with Crippen molar-refractivity contribution in [2.45, 2.75) is 6.92 Å². The minimum absolute atomic E-state index is 0.930. The molecule has 0 bridgehead atoms. The Labute approximate surface area is 153 Å². The first kappa shape index (κ1) is 15.4. The molecule has 0 unspecified atom stereocenters. The molecule has 0 aliphatic rings. The highest BCUT2D eigenvalue weighted by Gasteiger charge is 2.12. The van der Waals surface area contributed by atoms with E-state index in [0.717, 1.165) is 32.1 Å². The maximum Gasteiger partial charge on any atom is 0.148 e. The number of halogens is 1. The molecule has 0 saturated heterocycles. The lowest BCUT2D eigenvalue weighted by atomic mass is 10.1. The van der Waals surface area contributed by atoms with E-state index in [1.807, 2.05) is 18.2 Å². The monoisotopic (exact) mass is 394 g/mol. The van der Waals surface area contributed by atoms with Crippen LogP contribution in [0, 0.1) is 6.92 Å². The fourth-order valence-corrected chi connectivity index (χ4v) is 3.91. The van der Waals surface area contributed by atoms with Gasteiger partial charge >= 0.3 is 0 Å². The molecule has 24 heavy (non-hydrogen) atoms. The molecule has 0 atom stereocenters. The molecule has 0 amide bonds. The Morgan fingerprint density at radius 3 is 2.29 bits per heavy atom. The van der Waals surface area contributed by atoms with E-state index in [0.29, 0.717) is 0 Å². The van der Waals surface area contributed by atoms with E-state index in [1.54, 1.807) is 11.3 Å². The molecule has 0 saturated carbocycles. The zero-order valence-corrected chi connectivity index (χ0v) is 15.5. The van der Waals surface area contributed by atoms with Crippen LogP contribution in [0.2, 0.25) is 0 Å². The highest BCUT2D eigenvalue weighted by Crippen LogP contribution is 2.35. The highest BCUT2D eigenvalue weighted by atomic mass is 79.9. The van der Waals surface area contributed by atoms with Gasteiger partial charge in [-0.15, -0.1) is 11.3 Å². The van der Waals surface area contributed by atoms with Crippen LogP contribution >= 0.6 is 27.3 Å². The number of H-pyrrole nitrogens is 1. The van der Waals surface area contributed by atoms with Gasteiger partial charge in [-0.2, -0.15) is 0 Å². The van der Waals surface area contributed by atoms with Gasteiger partial charge in [-0.3, -0.25) is 0 Å². The number of imidazole rings is 1. The van der Waals surface area contributed by atoms with Gasteiger partial charge in [-0.1, -0.05) is 58.4 Å². The first-order valence-corrected chi connectivity index (χ1v) is 9.30. The van der Waals surface area contributed by atoms with E-state index < -0.39 is 0 Å². The number of aromatic nitrogens is 2. The number of nitrogens with zero attached hydrogens (tertiary/aromatic N) is 1. The van der Waals surface area contributed by atoms with Crippen LogP contribution in [0.1, 0.15) is 5.69 Å². The molecule has 0 fully saturated rings. The molecule has 4 heteroatoms. The molecule has 4 aromatic rings. The minimum atomic E-state index is 0.930. The molecule has 0 aliphatic carbocycles. The number of rotatable bonds is 3. The summed E-state index contributed by atoms with van der Waals surface area (Å²) in [7, 11) is 0. The number of aryl methyl sites for hydroxylation is 1. The molecule has 2 nitrogen and oxygen atoms in total. The van der Waals surface area contributed by atoms with Crippen LogP contribution in [0.25, 0.3) is 32.4 Å². The van der Waals surface area contributed by atoms with Gasteiger partial charge in [0.05, 0.1) is 10.6 Å². The third-order valence-electron chi connectivity index (χ3n) is 3.90. The fourth-order valence-electron chi connectivity index (χ4n) is 2.69. The maximum absolute atomic E-state index is 4.82. The number of hydrogen-bond acceptors (Lipinski definition) is 2. The SMILES string of the molecule is Cc1[nH]c(-c2ccc(-c3ccc(Br)cc3)s2)nc1-c1ccccc1. The molecule has 0 spiro atoms. The van der Waals surface area contributed by atoms with Crippen molar-refractivity contribution < 1.29 is 0 Å². The predicted molar refractivity (Wildman–Crippen MR) is 105 cm³/mol. The van der Waals surface area contributed by atoms with E-state index in [1.165, 1.54) is 10.4 Å². The standard InChI is InChI=1S/C20H15BrN2S/c1-13-19(15-5-3-2-4-6-15)23-20(22-13)18-12-11-17(24-18)14-7-9-16(21)10-8-14/h2-12H,1H3,(H,22,23). The van der Waals surface area contributed by atoms with Gasteiger partial charge in [-0.05, 0) is 36.8 Å². The Morgan fingerprint density at radius 2 is 1.54 bits per heavy atom. The van der Waals surface area contributed by atoms with E-state index >= 15 is 0 Å². The van der Waals surface area contributed by atoms with Gasteiger partial charge in [0.1, 0.15) is 5.82 Å². The van der Waals surface area contributed by atoms with Gasteiger partial charge in [-0.25, -0.2) is 4.98 Å². The molecule has 2 heterocycles. The first-order valence-electron chi connectivity index (χ1n) is 7.69. The van der Waals surface area contributed by atoms with Gasteiger partial charge in [0.15, 0.2) is 0 Å². The van der Waals surface area contributed by atoms with E-state index in [9.17, 15) is 0 Å². The predicted octanol–water partition coefficient (Wildman–Crippen LogP) is 6.54. The van der Waals surface area contributed by atoms with Crippen LogP contribution in [0.5, 0.6) is 0 Å². The van der Waals surface area contributed by atoms with Crippen molar-refractivity contribution in [1.82, 2.24) is 9.97 Å². The lowest BCUT2D eigenvalue weighted by Crippen LogP contribution is -1.79. The Hall–Kier alpha value is -2.17. The van der Waals surface area contributed by atoms with E-state index in [4.69, 9.17) is 4.98 Å². The first-order chi connectivity index (χ1) is 11.7. The molecule has 4 rings (SSSR count). The zero-order chi connectivity index (χ0) is 16.5. The molecular formula is C20H15BrN2S. The van der Waals surface area contributed by atoms with Gasteiger partial charge < -0.3 is 4.98 Å². The summed E-state index contributed by atoms with van der Waals surface area (Å²) in [6.07, 6.45) is 0. The number of benzene rings is 2. The molecule has 2 aromatic carbocycles. The Kier molecular flexibility index (Phi) is 4.08. The summed E-state index contributed by atoms with van der Waals surface area (Å²) in [4.78, 5) is 10.6. The second-order valence-corrected chi connectivity index (χ2v) is 7.60. The summed E-state index contributed by atoms with van der Waals surface area (Å²) in [5.74, 6) is 0.930. The van der Waals surface area contributed by atoms with Gasteiger partial charge in [0.2, 0.25) is 0 Å². The largest absolute Gasteiger partial charge is 0.341 e. The smallest absolute Gasteiger partial charge is 0.148 e. The summed E-state index contributed by atoms with van der Waals surface area (Å²) < 4.78 is 1.09. The number of thiophene rings is 1. The van der Waals surface area contributed by atoms with Crippen molar-refractivity contribution >= 4 is 27.3 Å². The summed E-state index contributed by atoms with van der Waals surface area (Å²) in [5.41, 5.74) is 4.47. The summed E-state index contributed by atoms with van der Waals surface area (Å²) >= 11 is 5.23. The number of hydrogen-bond donors (Lipinski definition) is 1. The fraction of sp³-hybridized carbons (Fsp3) is 0.0500. The van der Waals surface area contributed by atoms with Crippen LogP contribution in [-0.4, -0.2) is 9.97 Å². The molecule has 2 aromatic heterocycles. The molecule has 1 N–H and O–H groups in total. The van der Waals surface area contributed by atoms with Crippen LogP contribution < -0.4 is 0 Å². The van der Waals surface area contributed by atoms with Crippen LogP contribution in [0.3, 0.4) is 0 Å². The third kappa shape index (κ3) is 2.95. The Bertz CT molecular complexity index is 969. The van der Waals surface area contributed by atoms with Crippen molar-refractivity contribution in [2.75, 3.05) is 0 Å². The van der Waals surface area contributed by atoms with Crippen molar-refractivity contribution in [2.24, 2.45) is 0 Å². The van der Waals surface area contributed by atoms with Gasteiger partial charge in [0.25, 0.3) is 0 Å².